The number of nitrogens with zero attached hydrogens (tertiary/aromatic N) is 1. The molecule has 0 unspecified atom stereocenters. The fourth-order valence-electron chi connectivity index (χ4n) is 2.70. The smallest absolute Gasteiger partial charge is 0.220 e. The molecule has 162 valence electrons. The third-order valence-corrected chi connectivity index (χ3v) is 3.98. The zero-order chi connectivity index (χ0) is 39.1. The number of hydrogen-bond donors (Lipinski definition) is 2. The summed E-state index contributed by atoms with van der Waals surface area (Å²) in [5, 5.41) is 13.5. The molecule has 0 aliphatic carbocycles. The van der Waals surface area contributed by atoms with E-state index in [2.05, 4.69) is 5.32 Å². The largest absolute Gasteiger partial charge is 0.486 e. The first-order valence-electron chi connectivity index (χ1n) is 19.2. The highest BCUT2D eigenvalue weighted by Crippen LogP contribution is 2.33. The Labute approximate surface area is 204 Å². The molecular formula is C23H36N2O4. The molecule has 1 aromatic carbocycles. The zero-order valence-electron chi connectivity index (χ0n) is 36.3. The number of likely N-dealkylation sites (tertiary alicyclic amines) is 1. The number of carbonyl (C=O) groups excluding carboxylic acids is 1. The van der Waals surface area contributed by atoms with E-state index in [1.54, 1.807) is 0 Å². The van der Waals surface area contributed by atoms with Gasteiger partial charge in [-0.1, -0.05) is 38.4 Å². The van der Waals surface area contributed by atoms with E-state index in [4.69, 9.17) is 38.3 Å². The van der Waals surface area contributed by atoms with Crippen LogP contribution in [0.5, 0.6) is 11.5 Å². The Bertz CT molecular complexity index is 1420. The second-order valence-corrected chi connectivity index (χ2v) is 5.96. The van der Waals surface area contributed by atoms with Crippen LogP contribution < -0.4 is 14.8 Å². The molecule has 2 atom stereocenters. The van der Waals surface area contributed by atoms with Crippen molar-refractivity contribution in [2.75, 3.05) is 32.8 Å². The number of ether oxygens (including phenoxy) is 2. The average molecular weight is 426 g/mol. The summed E-state index contributed by atoms with van der Waals surface area (Å²) in [4.78, 5) is 13.4. The van der Waals surface area contributed by atoms with E-state index in [1.165, 1.54) is 18.2 Å². The quantitative estimate of drug-likeness (QED) is 0.568. The molecule has 0 aromatic heterocycles. The van der Waals surface area contributed by atoms with E-state index < -0.39 is 95.5 Å². The molecule has 6 nitrogen and oxygen atoms in total. The first-order chi connectivity index (χ1) is 22.1. The molecule has 29 heavy (non-hydrogen) atoms. The van der Waals surface area contributed by atoms with Crippen LogP contribution in [0.1, 0.15) is 98.3 Å². The molecule has 6 heteroatoms. The van der Waals surface area contributed by atoms with Gasteiger partial charge in [-0.3, -0.25) is 4.79 Å². The van der Waals surface area contributed by atoms with Crippen molar-refractivity contribution in [3.63, 3.8) is 0 Å². The summed E-state index contributed by atoms with van der Waals surface area (Å²) in [6.45, 7) is -11.6. The van der Waals surface area contributed by atoms with E-state index >= 15 is 0 Å². The van der Waals surface area contributed by atoms with Crippen LogP contribution in [0.25, 0.3) is 0 Å². The van der Waals surface area contributed by atoms with E-state index in [0.717, 1.165) is 0 Å². The Morgan fingerprint density at radius 1 is 1.24 bits per heavy atom. The highest BCUT2D eigenvalue weighted by molar-refractivity contribution is 5.76. The number of amides is 1. The van der Waals surface area contributed by atoms with Crippen LogP contribution in [0.3, 0.4) is 0 Å². The summed E-state index contributed by atoms with van der Waals surface area (Å²) in [6.07, 6.45) is -31.2. The monoisotopic (exact) mass is 425 g/mol. The Morgan fingerprint density at radius 2 is 2.00 bits per heavy atom. The van der Waals surface area contributed by atoms with Crippen molar-refractivity contribution >= 4 is 5.91 Å². The highest BCUT2D eigenvalue weighted by atomic mass is 16.6. The number of fused-ring (bicyclic) bond motifs is 1. The second-order valence-electron chi connectivity index (χ2n) is 5.96. The molecule has 0 spiro atoms. The fourth-order valence-corrected chi connectivity index (χ4v) is 2.70. The molecule has 2 N–H and O–H groups in total. The third-order valence-electron chi connectivity index (χ3n) is 3.98. The van der Waals surface area contributed by atoms with Crippen LogP contribution in [-0.4, -0.2) is 54.7 Å². The predicted molar refractivity (Wildman–Crippen MR) is 113 cm³/mol. The Hall–Kier alpha value is -1.79. The van der Waals surface area contributed by atoms with Crippen molar-refractivity contribution in [1.29, 1.82) is 0 Å². The number of hydrogen-bond acceptors (Lipinski definition) is 5. The number of benzene rings is 1. The minimum absolute atomic E-state index is 0.0736. The number of rotatable bonds is 11. The van der Waals surface area contributed by atoms with Crippen molar-refractivity contribution in [2.24, 2.45) is 0 Å². The lowest BCUT2D eigenvalue weighted by molar-refractivity contribution is -0.123. The minimum atomic E-state index is -4.27. The maximum absolute atomic E-state index is 13.4. The number of carbonyl (C=O) groups is 1. The normalized spacial score (nSPS) is 39.0. The SMILES string of the molecule is [2H]C([2H])([2H])C([2H])([2H])C([2H])([2H])C([2H])([2H])C([2H])([2H])C([2H])([2H])CC(=O)N[C@H](CN1C([2H])([2H])C([2H])([2H])C([2H])([2H])C1([2H])[2H])[C@H](O)c1ccc2c(c1)OCCO2. The van der Waals surface area contributed by atoms with Gasteiger partial charge in [-0.25, -0.2) is 0 Å². The highest BCUT2D eigenvalue weighted by Gasteiger charge is 2.27. The summed E-state index contributed by atoms with van der Waals surface area (Å²) < 4.78 is 179. The summed E-state index contributed by atoms with van der Waals surface area (Å²) in [6, 6.07) is 1.88. The van der Waals surface area contributed by atoms with E-state index in [1.807, 2.05) is 0 Å². The topological polar surface area (TPSA) is 71.0 Å². The molecule has 0 radical (unpaired) electrons. The summed E-state index contributed by atoms with van der Waals surface area (Å²) in [5.74, 6) is -1.23. The van der Waals surface area contributed by atoms with Gasteiger partial charge in [0.2, 0.25) is 5.91 Å². The lowest BCUT2D eigenvalue weighted by Crippen LogP contribution is -2.46. The maximum atomic E-state index is 13.4. The van der Waals surface area contributed by atoms with Crippen LogP contribution in [0.15, 0.2) is 18.2 Å². The van der Waals surface area contributed by atoms with E-state index in [0.29, 0.717) is 0 Å². The first kappa shape index (κ1) is 7.41. The number of aliphatic hydroxyl groups excluding tert-OH is 1. The van der Waals surface area contributed by atoms with Gasteiger partial charge in [0.05, 0.1) is 6.04 Å². The van der Waals surface area contributed by atoms with Gasteiger partial charge in [0.25, 0.3) is 0 Å². The van der Waals surface area contributed by atoms with Gasteiger partial charge < -0.3 is 24.8 Å². The van der Waals surface area contributed by atoms with Crippen LogP contribution in [0.2, 0.25) is 0 Å². The van der Waals surface area contributed by atoms with Crippen LogP contribution >= 0.6 is 0 Å². The zero-order valence-corrected chi connectivity index (χ0v) is 15.3. The van der Waals surface area contributed by atoms with Gasteiger partial charge in [0.1, 0.15) is 19.3 Å². The van der Waals surface area contributed by atoms with Crippen LogP contribution in [0.4, 0.5) is 0 Å². The molecule has 1 amide bonds. The Balaban J connectivity index is 2.03. The standard InChI is InChI=1S/C23H36N2O4/c1-2-3-4-5-6-9-22(26)24-19(17-25-12-7-8-13-25)23(27)18-10-11-20-21(16-18)29-15-14-28-20/h10-11,16,19,23,27H,2-9,12-15,17H2,1H3,(H,24,26)/t19-,23-/m1/s1/i1D3,2D2,3D2,4D2,5D2,6D2,7D2,8D2,12D2,13D2. The van der Waals surface area contributed by atoms with Gasteiger partial charge in [0, 0.05) is 41.8 Å². The van der Waals surface area contributed by atoms with Crippen molar-refractivity contribution < 1.29 is 48.2 Å². The second kappa shape index (κ2) is 11.4. The van der Waals surface area contributed by atoms with E-state index in [9.17, 15) is 9.90 Å². The van der Waals surface area contributed by atoms with Crippen molar-refractivity contribution in [1.82, 2.24) is 10.2 Å². The summed E-state index contributed by atoms with van der Waals surface area (Å²) in [7, 11) is 0. The molecule has 1 fully saturated rings. The number of nitrogens with one attached hydrogen (secondary N) is 1. The third kappa shape index (κ3) is 6.61. The summed E-state index contributed by atoms with van der Waals surface area (Å²) in [5.41, 5.74) is -0.0966. The van der Waals surface area contributed by atoms with Gasteiger partial charge in [0.15, 0.2) is 11.5 Å². The molecule has 3 rings (SSSR count). The molecule has 0 bridgehead atoms. The van der Waals surface area contributed by atoms with Crippen molar-refractivity contribution in [3.05, 3.63) is 23.8 Å². The van der Waals surface area contributed by atoms with Crippen molar-refractivity contribution in [3.8, 4) is 11.5 Å². The van der Waals surface area contributed by atoms with Crippen LogP contribution in [0, 0.1) is 0 Å². The van der Waals surface area contributed by atoms with Crippen molar-refractivity contribution in [2.45, 2.75) is 70.0 Å². The lowest BCUT2D eigenvalue weighted by atomic mass is 10.0. The van der Waals surface area contributed by atoms with Crippen LogP contribution in [-0.2, 0) is 4.79 Å². The molecule has 2 aliphatic rings. The summed E-state index contributed by atoms with van der Waals surface area (Å²) >= 11 is 0. The minimum Gasteiger partial charge on any atom is -0.486 e. The molecule has 1 saturated heterocycles. The fraction of sp³-hybridized carbons (Fsp3) is 0.696. The molecule has 2 aliphatic heterocycles. The van der Waals surface area contributed by atoms with Gasteiger partial charge in [-0.15, -0.1) is 0 Å². The van der Waals surface area contributed by atoms with Gasteiger partial charge in [-0.2, -0.15) is 0 Å². The Morgan fingerprint density at radius 3 is 2.79 bits per heavy atom. The first-order valence-corrected chi connectivity index (χ1v) is 8.73. The molecule has 0 saturated carbocycles. The lowest BCUT2D eigenvalue weighted by Gasteiger charge is -2.29. The molecule has 2 heterocycles. The Kier molecular flexibility index (Phi) is 2.92. The van der Waals surface area contributed by atoms with Gasteiger partial charge >= 0.3 is 0 Å². The maximum Gasteiger partial charge on any atom is 0.220 e. The molecular weight excluding hydrogens is 368 g/mol. The van der Waals surface area contributed by atoms with E-state index in [-0.39, 0.29) is 35.2 Å². The number of aliphatic hydroxyl groups is 1. The van der Waals surface area contributed by atoms with Gasteiger partial charge in [-0.05, 0) is 49.8 Å². The average Bonchev–Trinajstić information content (AvgIpc) is 3.02. The molecule has 1 aromatic rings. The predicted octanol–water partition coefficient (Wildman–Crippen LogP) is 3.43.